The van der Waals surface area contributed by atoms with Crippen LogP contribution in [0.1, 0.15) is 5.56 Å². The van der Waals surface area contributed by atoms with Crippen molar-refractivity contribution in [1.29, 1.82) is 0 Å². The Morgan fingerprint density at radius 3 is 2.79 bits per heavy atom. The average Bonchev–Trinajstić information content (AvgIpc) is 2.85. The third kappa shape index (κ3) is 5.67. The van der Waals surface area contributed by atoms with Gasteiger partial charge in [-0.25, -0.2) is 18.7 Å². The number of halogens is 3. The molecule has 34 heavy (non-hydrogen) atoms. The van der Waals surface area contributed by atoms with Crippen molar-refractivity contribution < 1.29 is 23.0 Å². The Labute approximate surface area is 200 Å². The third-order valence-electron chi connectivity index (χ3n) is 5.47. The molecule has 0 radical (unpaired) electrons. The molecule has 2 aromatic carbocycles. The SMILES string of the molecule is COc1cc2ncnc(Nc3ccc(F)c(Cl)c3)c2cc1CC(=O)/C(F)=C/CN1CCOCC1. The predicted octanol–water partition coefficient (Wildman–Crippen LogP) is 4.47. The maximum absolute atomic E-state index is 14.6. The molecule has 0 spiro atoms. The van der Waals surface area contributed by atoms with Crippen LogP contribution in [0.15, 0.2) is 48.6 Å². The summed E-state index contributed by atoms with van der Waals surface area (Å²) in [5.74, 6) is -1.14. The molecule has 10 heteroatoms. The van der Waals surface area contributed by atoms with Crippen LogP contribution in [0.5, 0.6) is 5.75 Å². The smallest absolute Gasteiger partial charge is 0.195 e. The number of hydrogen-bond donors (Lipinski definition) is 1. The minimum absolute atomic E-state index is 0.0318. The van der Waals surface area contributed by atoms with Gasteiger partial charge in [0.15, 0.2) is 11.6 Å². The van der Waals surface area contributed by atoms with E-state index in [1.165, 1.54) is 37.7 Å². The van der Waals surface area contributed by atoms with Gasteiger partial charge in [0.2, 0.25) is 0 Å². The summed E-state index contributed by atoms with van der Waals surface area (Å²) < 4.78 is 38.8. The first-order valence-electron chi connectivity index (χ1n) is 10.7. The van der Waals surface area contributed by atoms with Gasteiger partial charge in [0.05, 0.1) is 30.9 Å². The summed E-state index contributed by atoms with van der Waals surface area (Å²) in [5.41, 5.74) is 1.57. The van der Waals surface area contributed by atoms with E-state index in [0.29, 0.717) is 66.6 Å². The summed E-state index contributed by atoms with van der Waals surface area (Å²) in [6.07, 6.45) is 2.48. The van der Waals surface area contributed by atoms with Crippen molar-refractivity contribution in [1.82, 2.24) is 14.9 Å². The van der Waals surface area contributed by atoms with Crippen LogP contribution in [0.2, 0.25) is 5.02 Å². The van der Waals surface area contributed by atoms with Gasteiger partial charge in [0.25, 0.3) is 0 Å². The van der Waals surface area contributed by atoms with Crippen LogP contribution >= 0.6 is 11.6 Å². The van der Waals surface area contributed by atoms with Crippen molar-refractivity contribution in [2.45, 2.75) is 6.42 Å². The molecule has 1 aliphatic rings. The zero-order chi connectivity index (χ0) is 24.1. The molecule has 0 saturated carbocycles. The highest BCUT2D eigenvalue weighted by Crippen LogP contribution is 2.31. The first kappa shape index (κ1) is 24.0. The first-order chi connectivity index (χ1) is 16.4. The van der Waals surface area contributed by atoms with Gasteiger partial charge < -0.3 is 14.8 Å². The first-order valence-corrected chi connectivity index (χ1v) is 11.0. The highest BCUT2D eigenvalue weighted by Gasteiger charge is 2.17. The molecule has 1 N–H and O–H groups in total. The highest BCUT2D eigenvalue weighted by atomic mass is 35.5. The van der Waals surface area contributed by atoms with Crippen LogP contribution in [0.3, 0.4) is 0 Å². The summed E-state index contributed by atoms with van der Waals surface area (Å²) in [6.45, 7) is 2.94. The molecule has 3 aromatic rings. The van der Waals surface area contributed by atoms with Crippen molar-refractivity contribution in [3.63, 3.8) is 0 Å². The molecule has 1 saturated heterocycles. The number of ketones is 1. The van der Waals surface area contributed by atoms with E-state index < -0.39 is 17.4 Å². The Balaban J connectivity index is 1.58. The number of hydrogen-bond acceptors (Lipinski definition) is 7. The monoisotopic (exact) mass is 488 g/mol. The van der Waals surface area contributed by atoms with E-state index >= 15 is 0 Å². The fourth-order valence-corrected chi connectivity index (χ4v) is 3.81. The molecule has 0 amide bonds. The highest BCUT2D eigenvalue weighted by molar-refractivity contribution is 6.31. The van der Waals surface area contributed by atoms with E-state index in [1.54, 1.807) is 12.1 Å². The topological polar surface area (TPSA) is 76.6 Å². The molecule has 0 aliphatic carbocycles. The van der Waals surface area contributed by atoms with E-state index in [1.807, 2.05) is 4.90 Å². The normalized spacial score (nSPS) is 14.9. The van der Waals surface area contributed by atoms with E-state index in [-0.39, 0.29) is 11.4 Å². The number of benzene rings is 2. The number of Topliss-reactive ketones (excluding diaryl/α,β-unsaturated/α-hetero) is 1. The molecular weight excluding hydrogens is 466 g/mol. The number of aromatic nitrogens is 2. The van der Waals surface area contributed by atoms with Gasteiger partial charge in [-0.15, -0.1) is 0 Å². The van der Waals surface area contributed by atoms with Crippen LogP contribution in [0.4, 0.5) is 20.3 Å². The number of ether oxygens (including phenoxy) is 2. The van der Waals surface area contributed by atoms with Crippen molar-refractivity contribution >= 4 is 39.8 Å². The van der Waals surface area contributed by atoms with Crippen LogP contribution in [-0.2, 0) is 16.0 Å². The number of anilines is 2. The van der Waals surface area contributed by atoms with Crippen LogP contribution in [0, 0.1) is 5.82 Å². The quantitative estimate of drug-likeness (QED) is 0.469. The number of fused-ring (bicyclic) bond motifs is 1. The molecule has 0 atom stereocenters. The molecule has 178 valence electrons. The average molecular weight is 489 g/mol. The fourth-order valence-electron chi connectivity index (χ4n) is 3.63. The maximum atomic E-state index is 14.6. The van der Waals surface area contributed by atoms with Crippen LogP contribution in [0.25, 0.3) is 10.9 Å². The number of allylic oxidation sites excluding steroid dienone is 1. The standard InChI is InChI=1S/C24H23ClF2N4O3/c1-33-23-13-21-17(24(29-14-28-21)30-16-2-3-19(26)18(25)12-16)10-15(23)11-22(32)20(27)4-5-31-6-8-34-9-7-31/h2-4,10,12-14H,5-9,11H2,1H3,(H,28,29,30)/b20-4-. The number of carbonyl (C=O) groups is 1. The Bertz CT molecular complexity index is 1230. The third-order valence-corrected chi connectivity index (χ3v) is 5.76. The lowest BCUT2D eigenvalue weighted by Gasteiger charge is -2.25. The molecule has 1 aromatic heterocycles. The molecule has 4 rings (SSSR count). The van der Waals surface area contributed by atoms with Crippen molar-refractivity contribution in [2.24, 2.45) is 0 Å². The van der Waals surface area contributed by atoms with Gasteiger partial charge in [0.1, 0.15) is 23.7 Å². The number of methoxy groups -OCH3 is 1. The zero-order valence-corrected chi connectivity index (χ0v) is 19.2. The second-order valence-corrected chi connectivity index (χ2v) is 8.13. The van der Waals surface area contributed by atoms with Gasteiger partial charge >= 0.3 is 0 Å². The summed E-state index contributed by atoms with van der Waals surface area (Å²) in [7, 11) is 1.47. The second-order valence-electron chi connectivity index (χ2n) is 7.72. The molecule has 0 bridgehead atoms. The van der Waals surface area contributed by atoms with Crippen LogP contribution in [-0.4, -0.2) is 60.6 Å². The minimum atomic E-state index is -0.794. The van der Waals surface area contributed by atoms with Crippen molar-refractivity contribution in [3.05, 3.63) is 65.0 Å². The molecular formula is C24H23ClF2N4O3. The lowest BCUT2D eigenvalue weighted by atomic mass is 10.0. The summed E-state index contributed by atoms with van der Waals surface area (Å²) in [6, 6.07) is 7.56. The lowest BCUT2D eigenvalue weighted by Crippen LogP contribution is -2.36. The van der Waals surface area contributed by atoms with Crippen molar-refractivity contribution in [3.8, 4) is 5.75 Å². The van der Waals surface area contributed by atoms with E-state index in [0.717, 1.165) is 0 Å². The van der Waals surface area contributed by atoms with Gasteiger partial charge in [-0.2, -0.15) is 0 Å². The number of nitrogens with one attached hydrogen (secondary N) is 1. The Morgan fingerprint density at radius 2 is 2.06 bits per heavy atom. The molecule has 0 unspecified atom stereocenters. The number of carbonyl (C=O) groups excluding carboxylic acids is 1. The number of morpholine rings is 1. The van der Waals surface area contributed by atoms with E-state index in [9.17, 15) is 13.6 Å². The second kappa shape index (κ2) is 10.9. The maximum Gasteiger partial charge on any atom is 0.195 e. The van der Waals surface area contributed by atoms with Crippen molar-refractivity contribution in [2.75, 3.05) is 45.3 Å². The molecule has 1 fully saturated rings. The lowest BCUT2D eigenvalue weighted by molar-refractivity contribution is -0.116. The Hall–Kier alpha value is -3.14. The molecule has 1 aliphatic heterocycles. The van der Waals surface area contributed by atoms with Gasteiger partial charge in [-0.1, -0.05) is 11.6 Å². The fraction of sp³-hybridized carbons (Fsp3) is 0.292. The largest absolute Gasteiger partial charge is 0.496 e. The predicted molar refractivity (Wildman–Crippen MR) is 126 cm³/mol. The molecule has 7 nitrogen and oxygen atoms in total. The van der Waals surface area contributed by atoms with Crippen LogP contribution < -0.4 is 10.1 Å². The summed E-state index contributed by atoms with van der Waals surface area (Å²) in [5, 5.41) is 3.64. The van der Waals surface area contributed by atoms with E-state index in [4.69, 9.17) is 21.1 Å². The number of rotatable bonds is 8. The van der Waals surface area contributed by atoms with Gasteiger partial charge in [0, 0.05) is 48.8 Å². The zero-order valence-electron chi connectivity index (χ0n) is 18.5. The molecule has 2 heterocycles. The Morgan fingerprint density at radius 1 is 1.26 bits per heavy atom. The van der Waals surface area contributed by atoms with E-state index in [2.05, 4.69) is 15.3 Å². The summed E-state index contributed by atoms with van der Waals surface area (Å²) >= 11 is 5.87. The van der Waals surface area contributed by atoms with Gasteiger partial charge in [-0.3, -0.25) is 9.69 Å². The number of nitrogens with zero attached hydrogens (tertiary/aromatic N) is 3. The minimum Gasteiger partial charge on any atom is -0.496 e. The summed E-state index contributed by atoms with van der Waals surface area (Å²) in [4.78, 5) is 23.1. The Kier molecular flexibility index (Phi) is 7.66. The van der Waals surface area contributed by atoms with Gasteiger partial charge in [-0.05, 0) is 30.3 Å².